The van der Waals surface area contributed by atoms with Gasteiger partial charge in [-0.2, -0.15) is 0 Å². The van der Waals surface area contributed by atoms with Crippen molar-refractivity contribution in [2.75, 3.05) is 32.0 Å². The number of nitrogens with one attached hydrogen (secondary N) is 3. The van der Waals surface area contributed by atoms with Crippen LogP contribution in [-0.4, -0.2) is 49.2 Å². The van der Waals surface area contributed by atoms with Crippen LogP contribution in [0.1, 0.15) is 50.8 Å². The fourth-order valence-corrected chi connectivity index (χ4v) is 6.58. The molecule has 2 atom stereocenters. The Morgan fingerprint density at radius 1 is 1.02 bits per heavy atom. The van der Waals surface area contributed by atoms with Gasteiger partial charge in [0.2, 0.25) is 23.0 Å². The molecule has 4 aromatic rings. The maximum Gasteiger partial charge on any atom is 0.248 e. The molecule has 0 unspecified atom stereocenters. The van der Waals surface area contributed by atoms with Crippen LogP contribution in [0, 0.1) is 5.92 Å². The van der Waals surface area contributed by atoms with Crippen LogP contribution in [-0.2, 0) is 16.0 Å². The number of fused-ring (bicyclic) bond motifs is 3. The van der Waals surface area contributed by atoms with Gasteiger partial charge in [0.25, 0.3) is 0 Å². The highest BCUT2D eigenvalue weighted by Gasteiger charge is 2.30. The Balaban J connectivity index is 1.55. The number of amides is 2. The number of carbonyl (C=O) groups is 2. The van der Waals surface area contributed by atoms with Crippen molar-refractivity contribution in [2.24, 2.45) is 5.92 Å². The largest absolute Gasteiger partial charge is 0.493 e. The number of hydrogen-bond acceptors (Lipinski definition) is 10. The second-order valence-electron chi connectivity index (χ2n) is 11.7. The lowest BCUT2D eigenvalue weighted by molar-refractivity contribution is -0.120. The van der Waals surface area contributed by atoms with Crippen LogP contribution in [0.25, 0.3) is 22.5 Å². The third-order valence-corrected chi connectivity index (χ3v) is 8.69. The molecule has 3 N–H and O–H groups in total. The van der Waals surface area contributed by atoms with Crippen molar-refractivity contribution in [2.45, 2.75) is 52.1 Å². The van der Waals surface area contributed by atoms with Gasteiger partial charge >= 0.3 is 0 Å². The second-order valence-corrected chi connectivity index (χ2v) is 12.5. The third kappa shape index (κ3) is 7.38. The van der Waals surface area contributed by atoms with Crippen LogP contribution in [0.2, 0.25) is 0 Å². The first-order valence-corrected chi connectivity index (χ1v) is 16.2. The summed E-state index contributed by atoms with van der Waals surface area (Å²) in [4.78, 5) is 48.7. The van der Waals surface area contributed by atoms with Gasteiger partial charge in [0.1, 0.15) is 11.7 Å². The molecule has 0 bridgehead atoms. The molecule has 1 aliphatic carbocycles. The Hall–Kier alpha value is -4.97. The standard InChI is InChI=1S/C35H39N5O6S/c1-19(2)15-27(34(43)40-35-39-28(18-47-35)25-9-7-8-14-36-25)38-26-13-11-22-23(17-29(26)42)24(37-20(3)41)12-10-21-16-30(44-4)32(45-5)33(46-6)31(21)22/h7-9,11,13-14,16-19,24,27H,10,12,15H2,1-6H3,(H,37,41)(H,38,42)(H,39,40,43)/t24-,27-/m0/s1. The van der Waals surface area contributed by atoms with E-state index in [4.69, 9.17) is 14.2 Å². The van der Waals surface area contributed by atoms with Gasteiger partial charge in [-0.05, 0) is 72.2 Å². The highest BCUT2D eigenvalue weighted by atomic mass is 32.1. The smallest absolute Gasteiger partial charge is 0.248 e. The van der Waals surface area contributed by atoms with Gasteiger partial charge in [0.05, 0.1) is 38.8 Å². The maximum atomic E-state index is 13.9. The van der Waals surface area contributed by atoms with E-state index in [-0.39, 0.29) is 28.8 Å². The van der Waals surface area contributed by atoms with Gasteiger partial charge in [-0.15, -0.1) is 11.3 Å². The van der Waals surface area contributed by atoms with Gasteiger partial charge in [-0.3, -0.25) is 19.4 Å². The van der Waals surface area contributed by atoms with Crippen LogP contribution in [0.3, 0.4) is 0 Å². The SMILES string of the molecule is COc1cc2c(c(OC)c1OC)-c1ccc(N[C@@H](CC(C)C)C(=O)Nc3nc(-c4ccccn4)cs3)c(=O)cc1[C@@H](NC(C)=O)CC2. The number of hydrogen-bond donors (Lipinski definition) is 3. The van der Waals surface area contributed by atoms with E-state index in [0.29, 0.717) is 64.2 Å². The molecule has 0 radical (unpaired) electrons. The minimum absolute atomic E-state index is 0.144. The van der Waals surface area contributed by atoms with E-state index >= 15 is 0 Å². The van der Waals surface area contributed by atoms with Gasteiger partial charge in [0.15, 0.2) is 16.6 Å². The molecular formula is C35H39N5O6S. The molecule has 0 aliphatic heterocycles. The fourth-order valence-electron chi connectivity index (χ4n) is 5.87. The van der Waals surface area contributed by atoms with Crippen molar-refractivity contribution < 1.29 is 23.8 Å². The van der Waals surface area contributed by atoms with E-state index in [9.17, 15) is 14.4 Å². The van der Waals surface area contributed by atoms with E-state index in [1.165, 1.54) is 31.4 Å². The monoisotopic (exact) mass is 657 g/mol. The van der Waals surface area contributed by atoms with Gasteiger partial charge in [-0.25, -0.2) is 4.98 Å². The summed E-state index contributed by atoms with van der Waals surface area (Å²) in [7, 11) is 4.66. The third-order valence-electron chi connectivity index (χ3n) is 7.93. The molecule has 0 fully saturated rings. The first-order valence-electron chi connectivity index (χ1n) is 15.3. The van der Waals surface area contributed by atoms with E-state index in [1.807, 2.05) is 49.6 Å². The summed E-state index contributed by atoms with van der Waals surface area (Å²) in [5.74, 6) is 1.02. The zero-order chi connectivity index (χ0) is 33.7. The number of benzene rings is 1. The summed E-state index contributed by atoms with van der Waals surface area (Å²) in [5, 5.41) is 11.4. The Bertz CT molecular complexity index is 1830. The number of thiazole rings is 1. The predicted octanol–water partition coefficient (Wildman–Crippen LogP) is 5.85. The lowest BCUT2D eigenvalue weighted by Gasteiger charge is -2.20. The average molecular weight is 658 g/mol. The minimum atomic E-state index is -0.732. The van der Waals surface area contributed by atoms with Crippen molar-refractivity contribution in [3.05, 3.63) is 75.4 Å². The summed E-state index contributed by atoms with van der Waals surface area (Å²) >= 11 is 1.30. The maximum absolute atomic E-state index is 13.9. The first kappa shape index (κ1) is 33.4. The molecular weight excluding hydrogens is 618 g/mol. The van der Waals surface area contributed by atoms with Crippen LogP contribution < -0.4 is 35.6 Å². The van der Waals surface area contributed by atoms with E-state index in [2.05, 4.69) is 25.9 Å². The summed E-state index contributed by atoms with van der Waals surface area (Å²) in [6.07, 6.45) is 3.28. The summed E-state index contributed by atoms with van der Waals surface area (Å²) < 4.78 is 17.2. The zero-order valence-electron chi connectivity index (χ0n) is 27.3. The number of methoxy groups -OCH3 is 3. The average Bonchev–Trinajstić information content (AvgIpc) is 3.40. The first-order chi connectivity index (χ1) is 22.6. The minimum Gasteiger partial charge on any atom is -0.493 e. The lowest BCUT2D eigenvalue weighted by Crippen LogP contribution is -2.37. The quantitative estimate of drug-likeness (QED) is 0.181. The van der Waals surface area contributed by atoms with Gasteiger partial charge in [0, 0.05) is 24.1 Å². The highest BCUT2D eigenvalue weighted by molar-refractivity contribution is 7.14. The van der Waals surface area contributed by atoms with Crippen LogP contribution in [0.4, 0.5) is 10.8 Å². The number of anilines is 2. The number of pyridine rings is 1. The number of nitrogens with zero attached hydrogens (tertiary/aromatic N) is 2. The predicted molar refractivity (Wildman–Crippen MR) is 184 cm³/mol. The molecule has 1 aliphatic rings. The topological polar surface area (TPSA) is 141 Å². The Kier molecular flexibility index (Phi) is 10.4. The number of rotatable bonds is 11. The molecule has 5 rings (SSSR count). The molecule has 246 valence electrons. The molecule has 12 heteroatoms. The fraction of sp³-hybridized carbons (Fsp3) is 0.343. The normalized spacial score (nSPS) is 14.2. The molecule has 0 spiro atoms. The van der Waals surface area contributed by atoms with Crippen molar-refractivity contribution in [3.8, 4) is 39.8 Å². The zero-order valence-corrected chi connectivity index (χ0v) is 28.1. The molecule has 2 aromatic carbocycles. The second kappa shape index (κ2) is 14.6. The molecule has 0 saturated carbocycles. The Morgan fingerprint density at radius 3 is 2.47 bits per heavy atom. The molecule has 2 amide bonds. The molecule has 2 heterocycles. The Labute approximate surface area is 277 Å². The molecule has 0 saturated heterocycles. The highest BCUT2D eigenvalue weighted by Crippen LogP contribution is 2.50. The van der Waals surface area contributed by atoms with E-state index in [0.717, 1.165) is 11.1 Å². The molecule has 2 aromatic heterocycles. The number of aryl methyl sites for hydroxylation is 1. The van der Waals surface area contributed by atoms with E-state index in [1.54, 1.807) is 26.5 Å². The van der Waals surface area contributed by atoms with Crippen molar-refractivity contribution >= 4 is 34.0 Å². The molecule has 11 nitrogen and oxygen atoms in total. The number of carbonyl (C=O) groups excluding carboxylic acids is 2. The van der Waals surface area contributed by atoms with Crippen LogP contribution >= 0.6 is 11.3 Å². The van der Waals surface area contributed by atoms with Crippen molar-refractivity contribution in [1.82, 2.24) is 15.3 Å². The summed E-state index contributed by atoms with van der Waals surface area (Å²) in [5.41, 5.74) is 4.31. The lowest BCUT2D eigenvalue weighted by atomic mass is 9.95. The van der Waals surface area contributed by atoms with Gasteiger partial charge < -0.3 is 30.2 Å². The number of aromatic nitrogens is 2. The summed E-state index contributed by atoms with van der Waals surface area (Å²) in [6.45, 7) is 5.48. The van der Waals surface area contributed by atoms with E-state index < -0.39 is 12.1 Å². The van der Waals surface area contributed by atoms with Crippen molar-refractivity contribution in [1.29, 1.82) is 0 Å². The van der Waals surface area contributed by atoms with Crippen LogP contribution in [0.15, 0.2) is 58.8 Å². The molecule has 47 heavy (non-hydrogen) atoms. The summed E-state index contributed by atoms with van der Waals surface area (Å²) in [6, 6.07) is 11.3. The van der Waals surface area contributed by atoms with Crippen LogP contribution in [0.5, 0.6) is 17.2 Å². The van der Waals surface area contributed by atoms with Crippen molar-refractivity contribution in [3.63, 3.8) is 0 Å². The van der Waals surface area contributed by atoms with Gasteiger partial charge in [-0.1, -0.05) is 26.0 Å². The Morgan fingerprint density at radius 2 is 1.81 bits per heavy atom. The number of ether oxygens (including phenoxy) is 3.